The highest BCUT2D eigenvalue weighted by Crippen LogP contribution is 2.03. The molecular formula is C9H13NO3. The average Bonchev–Trinajstić information content (AvgIpc) is 2.55. The molecule has 0 atom stereocenters. The minimum absolute atomic E-state index is 0.156. The number of carbonyl (C=O) groups is 1. The summed E-state index contributed by atoms with van der Waals surface area (Å²) in [5.74, 6) is 0.240. The van der Waals surface area contributed by atoms with E-state index in [-0.39, 0.29) is 5.76 Å². The Kier molecular flexibility index (Phi) is 3.49. The van der Waals surface area contributed by atoms with Crippen molar-refractivity contribution in [2.24, 2.45) is 5.92 Å². The van der Waals surface area contributed by atoms with Gasteiger partial charge in [0.1, 0.15) is 0 Å². The van der Waals surface area contributed by atoms with Gasteiger partial charge in [-0.3, -0.25) is 0 Å². The lowest BCUT2D eigenvalue weighted by molar-refractivity contribution is 0.0441. The van der Waals surface area contributed by atoms with Crippen LogP contribution in [0.3, 0.4) is 0 Å². The maximum atomic E-state index is 11.1. The van der Waals surface area contributed by atoms with Crippen LogP contribution in [-0.4, -0.2) is 17.7 Å². The van der Waals surface area contributed by atoms with Crippen LogP contribution in [0.4, 0.5) is 0 Å². The summed E-state index contributed by atoms with van der Waals surface area (Å²) < 4.78 is 9.55. The minimum Gasteiger partial charge on any atom is -0.460 e. The number of carbonyl (C=O) groups excluding carboxylic acids is 1. The van der Waals surface area contributed by atoms with Gasteiger partial charge in [-0.05, 0) is 12.3 Å². The van der Waals surface area contributed by atoms with Crippen molar-refractivity contribution < 1.29 is 14.1 Å². The number of ether oxygens (including phenoxy) is 1. The van der Waals surface area contributed by atoms with Gasteiger partial charge in [0.2, 0.25) is 5.76 Å². The highest BCUT2D eigenvalue weighted by molar-refractivity contribution is 5.85. The van der Waals surface area contributed by atoms with Crippen LogP contribution in [-0.2, 0) is 4.74 Å². The van der Waals surface area contributed by atoms with Crippen molar-refractivity contribution in [3.05, 3.63) is 18.0 Å². The first-order valence-electron chi connectivity index (χ1n) is 4.28. The molecule has 1 aromatic rings. The Morgan fingerprint density at radius 3 is 3.00 bits per heavy atom. The lowest BCUT2D eigenvalue weighted by Gasteiger charge is -2.04. The van der Waals surface area contributed by atoms with Crippen LogP contribution < -0.4 is 0 Å². The maximum absolute atomic E-state index is 11.1. The van der Waals surface area contributed by atoms with Crippen LogP contribution in [0.25, 0.3) is 0 Å². The molecule has 1 rings (SSSR count). The van der Waals surface area contributed by atoms with Gasteiger partial charge in [-0.25, -0.2) is 4.79 Å². The summed E-state index contributed by atoms with van der Waals surface area (Å²) in [6.07, 6.45) is 2.28. The van der Waals surface area contributed by atoms with Gasteiger partial charge < -0.3 is 9.26 Å². The van der Waals surface area contributed by atoms with Crippen LogP contribution in [0.2, 0.25) is 0 Å². The molecule has 0 radical (unpaired) electrons. The topological polar surface area (TPSA) is 52.3 Å². The highest BCUT2D eigenvalue weighted by atomic mass is 16.6. The van der Waals surface area contributed by atoms with E-state index in [4.69, 9.17) is 4.74 Å². The van der Waals surface area contributed by atoms with Gasteiger partial charge in [-0.15, -0.1) is 0 Å². The highest BCUT2D eigenvalue weighted by Gasteiger charge is 2.10. The predicted octanol–water partition coefficient (Wildman–Crippen LogP) is 1.88. The molecule has 0 spiro atoms. The quantitative estimate of drug-likeness (QED) is 0.669. The van der Waals surface area contributed by atoms with Crippen LogP contribution in [0, 0.1) is 5.92 Å². The number of hydrogen-bond donors (Lipinski definition) is 0. The van der Waals surface area contributed by atoms with Gasteiger partial charge in [0.25, 0.3) is 0 Å². The van der Waals surface area contributed by atoms with Crippen molar-refractivity contribution in [3.8, 4) is 0 Å². The van der Waals surface area contributed by atoms with E-state index in [1.54, 1.807) is 0 Å². The third kappa shape index (κ3) is 3.27. The van der Waals surface area contributed by atoms with E-state index < -0.39 is 5.97 Å². The second-order valence-electron chi connectivity index (χ2n) is 3.20. The summed E-state index contributed by atoms with van der Waals surface area (Å²) in [5.41, 5.74) is 0. The number of aromatic nitrogens is 1. The number of hydrogen-bond acceptors (Lipinski definition) is 4. The van der Waals surface area contributed by atoms with Gasteiger partial charge in [0, 0.05) is 6.07 Å². The SMILES string of the molecule is CC(C)CCOC(=O)c1ccno1. The van der Waals surface area contributed by atoms with Gasteiger partial charge in [-0.1, -0.05) is 19.0 Å². The van der Waals surface area contributed by atoms with Crippen molar-refractivity contribution in [2.75, 3.05) is 6.61 Å². The van der Waals surface area contributed by atoms with Crippen molar-refractivity contribution >= 4 is 5.97 Å². The van der Waals surface area contributed by atoms with E-state index in [1.807, 2.05) is 0 Å². The molecule has 0 amide bonds. The van der Waals surface area contributed by atoms with Crippen molar-refractivity contribution in [2.45, 2.75) is 20.3 Å². The summed E-state index contributed by atoms with van der Waals surface area (Å²) in [4.78, 5) is 11.1. The Morgan fingerprint density at radius 1 is 1.69 bits per heavy atom. The Labute approximate surface area is 76.9 Å². The normalized spacial score (nSPS) is 10.4. The molecule has 1 aromatic heterocycles. The zero-order valence-corrected chi connectivity index (χ0v) is 7.82. The molecule has 4 heteroatoms. The van der Waals surface area contributed by atoms with E-state index in [2.05, 4.69) is 23.5 Å². The summed E-state index contributed by atoms with van der Waals surface area (Å²) >= 11 is 0. The standard InChI is InChI=1S/C9H13NO3/c1-7(2)4-6-12-9(11)8-3-5-10-13-8/h3,5,7H,4,6H2,1-2H3. The van der Waals surface area contributed by atoms with Crippen LogP contribution in [0.15, 0.2) is 16.8 Å². The fourth-order valence-corrected chi connectivity index (χ4v) is 0.780. The summed E-state index contributed by atoms with van der Waals surface area (Å²) in [5, 5.41) is 3.41. The molecule has 0 aliphatic carbocycles. The second-order valence-corrected chi connectivity index (χ2v) is 3.20. The molecule has 0 saturated heterocycles. The van der Waals surface area contributed by atoms with Gasteiger partial charge in [-0.2, -0.15) is 0 Å². The zero-order chi connectivity index (χ0) is 9.68. The van der Waals surface area contributed by atoms with Gasteiger partial charge >= 0.3 is 5.97 Å². The average molecular weight is 183 g/mol. The predicted molar refractivity (Wildman–Crippen MR) is 46.2 cm³/mol. The van der Waals surface area contributed by atoms with Crippen LogP contribution in [0.1, 0.15) is 30.8 Å². The van der Waals surface area contributed by atoms with Gasteiger partial charge in [0.05, 0.1) is 12.8 Å². The Bertz CT molecular complexity index is 254. The van der Waals surface area contributed by atoms with Crippen molar-refractivity contribution in [3.63, 3.8) is 0 Å². The molecular weight excluding hydrogens is 170 g/mol. The maximum Gasteiger partial charge on any atom is 0.377 e. The molecule has 0 aliphatic heterocycles. The summed E-state index contributed by atoms with van der Waals surface area (Å²) in [6, 6.07) is 1.48. The van der Waals surface area contributed by atoms with Gasteiger partial charge in [0.15, 0.2) is 0 Å². The fourth-order valence-electron chi connectivity index (χ4n) is 0.780. The molecule has 1 heterocycles. The number of nitrogens with zero attached hydrogens (tertiary/aromatic N) is 1. The molecule has 0 bridgehead atoms. The summed E-state index contributed by atoms with van der Waals surface area (Å²) in [7, 11) is 0. The van der Waals surface area contributed by atoms with Crippen LogP contribution in [0.5, 0.6) is 0 Å². The molecule has 13 heavy (non-hydrogen) atoms. The van der Waals surface area contributed by atoms with E-state index in [9.17, 15) is 4.79 Å². The molecule has 4 nitrogen and oxygen atoms in total. The minimum atomic E-state index is -0.446. The second kappa shape index (κ2) is 4.64. The Hall–Kier alpha value is -1.32. The molecule has 0 unspecified atom stereocenters. The van der Waals surface area contributed by atoms with E-state index >= 15 is 0 Å². The largest absolute Gasteiger partial charge is 0.460 e. The third-order valence-electron chi connectivity index (χ3n) is 1.57. The Morgan fingerprint density at radius 2 is 2.46 bits per heavy atom. The lowest BCUT2D eigenvalue weighted by Crippen LogP contribution is -2.07. The smallest absolute Gasteiger partial charge is 0.377 e. The van der Waals surface area contributed by atoms with Crippen molar-refractivity contribution in [1.82, 2.24) is 5.16 Å². The van der Waals surface area contributed by atoms with E-state index in [0.717, 1.165) is 6.42 Å². The third-order valence-corrected chi connectivity index (χ3v) is 1.57. The number of esters is 1. The molecule has 0 aromatic carbocycles. The monoisotopic (exact) mass is 183 g/mol. The first-order chi connectivity index (χ1) is 6.20. The molecule has 0 N–H and O–H groups in total. The molecule has 72 valence electrons. The first-order valence-corrected chi connectivity index (χ1v) is 4.28. The number of rotatable bonds is 4. The van der Waals surface area contributed by atoms with E-state index in [0.29, 0.717) is 12.5 Å². The molecule has 0 fully saturated rings. The first kappa shape index (κ1) is 9.77. The summed E-state index contributed by atoms with van der Waals surface area (Å²) in [6.45, 7) is 4.57. The molecule has 0 saturated carbocycles. The Balaban J connectivity index is 2.27. The van der Waals surface area contributed by atoms with Crippen LogP contribution >= 0.6 is 0 Å². The lowest BCUT2D eigenvalue weighted by atomic mass is 10.1. The van der Waals surface area contributed by atoms with Crippen molar-refractivity contribution in [1.29, 1.82) is 0 Å². The fraction of sp³-hybridized carbons (Fsp3) is 0.556. The molecule has 0 aliphatic rings. The van der Waals surface area contributed by atoms with E-state index in [1.165, 1.54) is 12.3 Å². The zero-order valence-electron chi connectivity index (χ0n) is 7.82.